The van der Waals surface area contributed by atoms with Gasteiger partial charge < -0.3 is 28.6 Å². The molecule has 0 aliphatic heterocycles. The maximum atomic E-state index is 12.8. The summed E-state index contributed by atoms with van der Waals surface area (Å²) in [5, 5.41) is 10.4. The summed E-state index contributed by atoms with van der Waals surface area (Å²) in [6.45, 7) is 0.499. The van der Waals surface area contributed by atoms with Gasteiger partial charge in [0.15, 0.2) is 11.4 Å². The first-order valence-electron chi connectivity index (χ1n) is 16.0. The Kier molecular flexibility index (Phi) is 10.7. The van der Waals surface area contributed by atoms with Crippen molar-refractivity contribution in [2.24, 2.45) is 0 Å². The molecule has 6 aromatic rings. The van der Waals surface area contributed by atoms with E-state index in [0.29, 0.717) is 29.0 Å². The van der Waals surface area contributed by atoms with Crippen molar-refractivity contribution in [3.05, 3.63) is 150 Å². The van der Waals surface area contributed by atoms with E-state index >= 15 is 0 Å². The normalized spacial score (nSPS) is 12.1. The number of methoxy groups -OCH3 is 2. The Bertz CT molecular complexity index is 1900. The monoisotopic (exact) mass is 658 g/mol. The highest BCUT2D eigenvalue weighted by Gasteiger charge is 2.38. The molecule has 2 aromatic heterocycles. The number of benzene rings is 4. The van der Waals surface area contributed by atoms with Crippen LogP contribution < -0.4 is 9.47 Å². The first-order chi connectivity index (χ1) is 24.0. The number of rotatable bonds is 16. The number of aliphatic hydroxyl groups is 1. The Labute approximate surface area is 284 Å². The highest BCUT2D eigenvalue weighted by atomic mass is 16.6. The molecule has 10 nitrogen and oxygen atoms in total. The van der Waals surface area contributed by atoms with E-state index in [2.05, 4.69) is 15.0 Å². The molecule has 1 N–H and O–H groups in total. The average molecular weight is 659 g/mol. The van der Waals surface area contributed by atoms with E-state index in [0.717, 1.165) is 28.2 Å². The summed E-state index contributed by atoms with van der Waals surface area (Å²) in [5.74, 6) is 1.41. The third kappa shape index (κ3) is 7.36. The van der Waals surface area contributed by atoms with Gasteiger partial charge in [-0.25, -0.2) is 15.0 Å². The Balaban J connectivity index is 1.20. The van der Waals surface area contributed by atoms with Crippen LogP contribution in [0.3, 0.4) is 0 Å². The zero-order chi connectivity index (χ0) is 34.1. The van der Waals surface area contributed by atoms with Gasteiger partial charge in [-0.15, -0.1) is 0 Å². The largest absolute Gasteiger partial charge is 0.497 e. The lowest BCUT2D eigenvalue weighted by Crippen LogP contribution is -2.37. The number of fused-ring (bicyclic) bond motifs is 1. The number of carbonyl (C=O) groups excluding carboxylic acids is 1. The third-order valence-electron chi connectivity index (χ3n) is 8.45. The fraction of sp³-hybridized carbons (Fsp3) is 0.231. The van der Waals surface area contributed by atoms with Crippen molar-refractivity contribution >= 4 is 16.9 Å². The van der Waals surface area contributed by atoms with E-state index < -0.39 is 11.7 Å². The predicted molar refractivity (Wildman–Crippen MR) is 185 cm³/mol. The molecule has 2 heterocycles. The minimum atomic E-state index is -1.04. The van der Waals surface area contributed by atoms with Gasteiger partial charge in [-0.2, -0.15) is 0 Å². The fourth-order valence-corrected chi connectivity index (χ4v) is 5.86. The molecule has 0 bridgehead atoms. The second-order valence-corrected chi connectivity index (χ2v) is 11.4. The molecule has 4 aromatic carbocycles. The maximum Gasteiger partial charge on any atom is 0.168 e. The number of nitrogens with zero attached hydrogens (tertiary/aromatic N) is 4. The average Bonchev–Trinajstić information content (AvgIpc) is 3.59. The zero-order valence-electron chi connectivity index (χ0n) is 27.4. The number of imidazole rings is 1. The van der Waals surface area contributed by atoms with Gasteiger partial charge >= 0.3 is 0 Å². The molecule has 0 saturated carbocycles. The molecule has 0 radical (unpaired) electrons. The third-order valence-corrected chi connectivity index (χ3v) is 8.45. The van der Waals surface area contributed by atoms with Crippen LogP contribution in [0.2, 0.25) is 0 Å². The van der Waals surface area contributed by atoms with E-state index in [9.17, 15) is 9.90 Å². The highest BCUT2D eigenvalue weighted by molar-refractivity contribution is 5.98. The molecule has 0 amide bonds. The van der Waals surface area contributed by atoms with Gasteiger partial charge in [-0.1, -0.05) is 84.9 Å². The quantitative estimate of drug-likeness (QED) is 0.104. The molecular formula is C39H38N4O6. The molecular weight excluding hydrogens is 620 g/mol. The van der Waals surface area contributed by atoms with Crippen molar-refractivity contribution in [3.63, 3.8) is 0 Å². The van der Waals surface area contributed by atoms with Crippen LogP contribution >= 0.6 is 0 Å². The number of ether oxygens (including phenoxy) is 4. The van der Waals surface area contributed by atoms with E-state index in [1.165, 1.54) is 6.33 Å². The van der Waals surface area contributed by atoms with E-state index in [1.54, 1.807) is 32.7 Å². The summed E-state index contributed by atoms with van der Waals surface area (Å²) < 4.78 is 25.8. The molecule has 0 unspecified atom stereocenters. The lowest BCUT2D eigenvalue weighted by atomic mass is 9.80. The van der Waals surface area contributed by atoms with Crippen molar-refractivity contribution in [3.8, 4) is 11.5 Å². The zero-order valence-corrected chi connectivity index (χ0v) is 27.4. The van der Waals surface area contributed by atoms with Crippen LogP contribution in [0, 0.1) is 0 Å². The smallest absolute Gasteiger partial charge is 0.168 e. The topological polar surface area (TPSA) is 118 Å². The number of carbonyl (C=O) groups is 1. The van der Waals surface area contributed by atoms with Crippen LogP contribution in [0.4, 0.5) is 0 Å². The minimum Gasteiger partial charge on any atom is -0.497 e. The van der Waals surface area contributed by atoms with Crippen molar-refractivity contribution in [2.45, 2.75) is 24.7 Å². The summed E-state index contributed by atoms with van der Waals surface area (Å²) in [4.78, 5) is 26.1. The lowest BCUT2D eigenvalue weighted by Gasteiger charge is -2.37. The van der Waals surface area contributed by atoms with Crippen molar-refractivity contribution < 1.29 is 28.8 Å². The van der Waals surface area contributed by atoms with E-state index in [1.807, 2.05) is 102 Å². The SMILES string of the molecule is COc1ccc(C(OC[C@H](CO)OCCn2cnc3c(CC(=O)c4ccccc4)ncnc32)(c2ccccc2)c2ccc(OC)cc2)cc1. The first-order valence-corrected chi connectivity index (χ1v) is 16.0. The van der Waals surface area contributed by atoms with Crippen LogP contribution in [0.5, 0.6) is 11.5 Å². The number of aromatic nitrogens is 4. The van der Waals surface area contributed by atoms with Crippen molar-refractivity contribution in [1.82, 2.24) is 19.5 Å². The van der Waals surface area contributed by atoms with Crippen LogP contribution in [0.1, 0.15) is 32.7 Å². The van der Waals surface area contributed by atoms with Crippen molar-refractivity contribution in [2.75, 3.05) is 34.0 Å². The number of Topliss-reactive ketones (excluding diaryl/α,β-unsaturated/α-hetero) is 1. The summed E-state index contributed by atoms with van der Waals surface area (Å²) in [7, 11) is 3.27. The van der Waals surface area contributed by atoms with Crippen molar-refractivity contribution in [1.29, 1.82) is 0 Å². The van der Waals surface area contributed by atoms with E-state index in [-0.39, 0.29) is 32.0 Å². The molecule has 10 heteroatoms. The molecule has 1 atom stereocenters. The standard InChI is InChI=1S/C39H38N4O6/c1-46-32-17-13-30(14-18-32)39(29-11-7-4-8-12-29,31-15-19-33(47-2)20-16-31)49-25-34(24-44)48-22-21-43-27-42-37-35(40-26-41-38(37)43)23-36(45)28-9-5-3-6-10-28/h3-20,26-27,34,44H,21-25H2,1-2H3/t34-/m0/s1. The Morgan fingerprint density at radius 2 is 1.37 bits per heavy atom. The molecule has 0 aliphatic carbocycles. The molecule has 49 heavy (non-hydrogen) atoms. The Morgan fingerprint density at radius 3 is 1.96 bits per heavy atom. The van der Waals surface area contributed by atoms with Gasteiger partial charge in [0.2, 0.25) is 0 Å². The van der Waals surface area contributed by atoms with Crippen LogP contribution in [-0.2, 0) is 28.0 Å². The highest BCUT2D eigenvalue weighted by Crippen LogP contribution is 2.41. The van der Waals surface area contributed by atoms with Gasteiger partial charge in [0.05, 0.1) is 52.5 Å². The predicted octanol–water partition coefficient (Wildman–Crippen LogP) is 5.66. The van der Waals surface area contributed by atoms with Gasteiger partial charge in [-0.05, 0) is 41.0 Å². The molecule has 0 aliphatic rings. The number of aliphatic hydroxyl groups excluding tert-OH is 1. The summed E-state index contributed by atoms with van der Waals surface area (Å²) in [5.41, 5.74) is 3.99. The van der Waals surface area contributed by atoms with Crippen LogP contribution in [0.25, 0.3) is 11.2 Å². The number of ketones is 1. The number of hydrogen-bond acceptors (Lipinski definition) is 9. The number of hydrogen-bond donors (Lipinski definition) is 1. The lowest BCUT2D eigenvalue weighted by molar-refractivity contribution is -0.0819. The molecule has 250 valence electrons. The Hall–Kier alpha value is -5.42. The fourth-order valence-electron chi connectivity index (χ4n) is 5.86. The molecule has 6 rings (SSSR count). The van der Waals surface area contributed by atoms with Crippen LogP contribution in [-0.4, -0.2) is 70.6 Å². The van der Waals surface area contributed by atoms with Gasteiger partial charge in [0.25, 0.3) is 0 Å². The van der Waals surface area contributed by atoms with Gasteiger partial charge in [0, 0.05) is 12.1 Å². The summed E-state index contributed by atoms with van der Waals surface area (Å²) >= 11 is 0. The Morgan fingerprint density at radius 1 is 0.776 bits per heavy atom. The second kappa shape index (κ2) is 15.7. The van der Waals surface area contributed by atoms with Gasteiger partial charge in [-0.3, -0.25) is 4.79 Å². The second-order valence-electron chi connectivity index (χ2n) is 11.4. The minimum absolute atomic E-state index is 0.0415. The maximum absolute atomic E-state index is 12.8. The van der Waals surface area contributed by atoms with E-state index in [4.69, 9.17) is 18.9 Å². The first kappa shape index (κ1) is 33.5. The summed E-state index contributed by atoms with van der Waals surface area (Å²) in [6, 6.07) is 34.6. The molecule has 0 fully saturated rings. The van der Waals surface area contributed by atoms with Gasteiger partial charge in [0.1, 0.15) is 35.0 Å². The summed E-state index contributed by atoms with van der Waals surface area (Å²) in [6.07, 6.45) is 2.59. The molecule has 0 spiro atoms. The van der Waals surface area contributed by atoms with Crippen LogP contribution in [0.15, 0.2) is 122 Å². The molecule has 0 saturated heterocycles.